The molecule has 27 heavy (non-hydrogen) atoms. The smallest absolute Gasteiger partial charge is 0.240 e. The first-order valence-electron chi connectivity index (χ1n) is 8.83. The first-order valence-corrected chi connectivity index (χ1v) is 10.6. The van der Waals surface area contributed by atoms with Gasteiger partial charge in [-0.25, -0.2) is 0 Å². The van der Waals surface area contributed by atoms with Gasteiger partial charge >= 0.3 is 0 Å². The average molecular weight is 406 g/mol. The number of anilines is 2. The van der Waals surface area contributed by atoms with E-state index in [4.69, 9.17) is 5.73 Å². The van der Waals surface area contributed by atoms with Crippen molar-refractivity contribution >= 4 is 45.7 Å². The first-order chi connectivity index (χ1) is 12.9. The maximum absolute atomic E-state index is 12.5. The van der Waals surface area contributed by atoms with Gasteiger partial charge in [0.2, 0.25) is 16.9 Å². The molecule has 0 bridgehead atoms. The van der Waals surface area contributed by atoms with Crippen LogP contribution in [-0.2, 0) is 9.59 Å². The number of aromatic nitrogens is 2. The number of primary amides is 1. The lowest BCUT2D eigenvalue weighted by Crippen LogP contribution is -2.51. The Hall–Kier alpha value is -2.13. The maximum atomic E-state index is 12.5. The van der Waals surface area contributed by atoms with Gasteiger partial charge in [-0.1, -0.05) is 40.8 Å². The summed E-state index contributed by atoms with van der Waals surface area (Å²) < 4.78 is 0.711. The van der Waals surface area contributed by atoms with Gasteiger partial charge in [0.25, 0.3) is 0 Å². The number of nitrogens with one attached hydrogen (secondary N) is 1. The summed E-state index contributed by atoms with van der Waals surface area (Å²) in [6.45, 7) is 4.68. The third-order valence-electron chi connectivity index (χ3n) is 4.50. The molecule has 1 atom stereocenters. The predicted molar refractivity (Wildman–Crippen MR) is 108 cm³/mol. The molecule has 0 saturated carbocycles. The van der Waals surface area contributed by atoms with Crippen LogP contribution in [0.4, 0.5) is 10.8 Å². The number of thioether (sulfide) groups is 1. The van der Waals surface area contributed by atoms with Crippen molar-refractivity contribution in [2.75, 3.05) is 17.6 Å². The summed E-state index contributed by atoms with van der Waals surface area (Å²) in [5.41, 5.74) is 8.76. The Morgan fingerprint density at radius 1 is 1.33 bits per heavy atom. The molecule has 9 heteroatoms. The molecule has 0 spiro atoms. The van der Waals surface area contributed by atoms with Crippen LogP contribution in [0.1, 0.15) is 30.4 Å². The molecular formula is C18H23N5O2S2. The summed E-state index contributed by atoms with van der Waals surface area (Å²) in [5, 5.41) is 12.2. The Kier molecular flexibility index (Phi) is 6.33. The largest absolute Gasteiger partial charge is 0.368 e. The molecule has 7 nitrogen and oxygen atoms in total. The highest BCUT2D eigenvalue weighted by Crippen LogP contribution is 2.29. The number of piperidine rings is 1. The van der Waals surface area contributed by atoms with Crippen molar-refractivity contribution in [2.45, 2.75) is 43.5 Å². The van der Waals surface area contributed by atoms with Crippen LogP contribution in [0, 0.1) is 13.8 Å². The van der Waals surface area contributed by atoms with E-state index in [9.17, 15) is 9.59 Å². The SMILES string of the molecule is Cc1ccc(Nc2nnc(SCC(=O)N3CCCC[C@H]3C(N)=O)s2)c(C)c1. The third kappa shape index (κ3) is 4.98. The molecule has 144 valence electrons. The van der Waals surface area contributed by atoms with Gasteiger partial charge in [0.15, 0.2) is 4.34 Å². The minimum absolute atomic E-state index is 0.0809. The maximum Gasteiger partial charge on any atom is 0.240 e. The van der Waals surface area contributed by atoms with Gasteiger partial charge in [0, 0.05) is 12.2 Å². The molecule has 2 heterocycles. The molecule has 2 amide bonds. The van der Waals surface area contributed by atoms with Crippen molar-refractivity contribution in [3.8, 4) is 0 Å². The van der Waals surface area contributed by atoms with E-state index < -0.39 is 11.9 Å². The highest BCUT2D eigenvalue weighted by atomic mass is 32.2. The average Bonchev–Trinajstić information content (AvgIpc) is 3.09. The van der Waals surface area contributed by atoms with Crippen molar-refractivity contribution < 1.29 is 9.59 Å². The van der Waals surface area contributed by atoms with E-state index in [0.717, 1.165) is 24.1 Å². The van der Waals surface area contributed by atoms with Gasteiger partial charge < -0.3 is 16.0 Å². The van der Waals surface area contributed by atoms with Crippen LogP contribution in [0.5, 0.6) is 0 Å². The minimum Gasteiger partial charge on any atom is -0.368 e. The van der Waals surface area contributed by atoms with E-state index in [0.29, 0.717) is 22.4 Å². The Morgan fingerprint density at radius 2 is 2.15 bits per heavy atom. The van der Waals surface area contributed by atoms with E-state index >= 15 is 0 Å². The standard InChI is InChI=1S/C18H23N5O2S2/c1-11-6-7-13(12(2)9-11)20-17-21-22-18(27-17)26-10-15(24)23-8-4-3-5-14(23)16(19)25/h6-7,9,14H,3-5,8,10H2,1-2H3,(H2,19,25)(H,20,21)/t14-/m0/s1. The third-order valence-corrected chi connectivity index (χ3v) is 6.46. The number of hydrogen-bond acceptors (Lipinski definition) is 7. The van der Waals surface area contributed by atoms with Gasteiger partial charge in [-0.15, -0.1) is 10.2 Å². The van der Waals surface area contributed by atoms with Crippen LogP contribution in [0.3, 0.4) is 0 Å². The summed E-state index contributed by atoms with van der Waals surface area (Å²) in [7, 11) is 0. The van der Waals surface area contributed by atoms with E-state index in [1.807, 2.05) is 19.1 Å². The van der Waals surface area contributed by atoms with E-state index in [1.54, 1.807) is 4.90 Å². The summed E-state index contributed by atoms with van der Waals surface area (Å²) in [6, 6.07) is 5.68. The van der Waals surface area contributed by atoms with Gasteiger partial charge in [-0.05, 0) is 44.7 Å². The molecule has 0 aliphatic carbocycles. The second kappa shape index (κ2) is 8.71. The molecule has 1 aromatic carbocycles. The van der Waals surface area contributed by atoms with Crippen LogP contribution in [-0.4, -0.2) is 45.3 Å². The quantitative estimate of drug-likeness (QED) is 0.717. The fourth-order valence-corrected chi connectivity index (χ4v) is 4.77. The molecule has 3 N–H and O–H groups in total. The number of nitrogens with zero attached hydrogens (tertiary/aromatic N) is 3. The Morgan fingerprint density at radius 3 is 2.89 bits per heavy atom. The first kappa shape index (κ1) is 19.6. The van der Waals surface area contributed by atoms with Gasteiger partial charge in [0.05, 0.1) is 5.75 Å². The monoisotopic (exact) mass is 405 g/mol. The molecule has 2 aromatic rings. The Labute approximate surface area is 166 Å². The lowest BCUT2D eigenvalue weighted by Gasteiger charge is -2.33. The van der Waals surface area contributed by atoms with Crippen LogP contribution >= 0.6 is 23.1 Å². The second-order valence-electron chi connectivity index (χ2n) is 6.61. The lowest BCUT2D eigenvalue weighted by molar-refractivity contribution is -0.138. The van der Waals surface area contributed by atoms with E-state index in [2.05, 4.69) is 28.5 Å². The number of carbonyl (C=O) groups is 2. The number of hydrogen-bond donors (Lipinski definition) is 2. The van der Waals surface area contributed by atoms with Crippen molar-refractivity contribution in [3.05, 3.63) is 29.3 Å². The Bertz CT molecular complexity index is 839. The molecule has 1 aliphatic heterocycles. The number of rotatable bonds is 6. The zero-order valence-electron chi connectivity index (χ0n) is 15.4. The van der Waals surface area contributed by atoms with Crippen molar-refractivity contribution in [1.29, 1.82) is 0 Å². The molecule has 0 radical (unpaired) electrons. The Balaban J connectivity index is 1.57. The second-order valence-corrected chi connectivity index (χ2v) is 8.81. The number of benzene rings is 1. The number of amides is 2. The number of nitrogens with two attached hydrogens (primary N) is 1. The molecular weight excluding hydrogens is 382 g/mol. The van der Waals surface area contributed by atoms with Crippen molar-refractivity contribution in [1.82, 2.24) is 15.1 Å². The van der Waals surface area contributed by atoms with Crippen LogP contribution in [0.2, 0.25) is 0 Å². The number of aryl methyl sites for hydroxylation is 2. The van der Waals surface area contributed by atoms with Gasteiger partial charge in [-0.3, -0.25) is 9.59 Å². The molecule has 1 aliphatic rings. The van der Waals surface area contributed by atoms with Gasteiger partial charge in [-0.2, -0.15) is 0 Å². The van der Waals surface area contributed by atoms with E-state index in [1.165, 1.54) is 28.7 Å². The lowest BCUT2D eigenvalue weighted by atomic mass is 10.0. The zero-order valence-corrected chi connectivity index (χ0v) is 17.0. The van der Waals surface area contributed by atoms with Crippen molar-refractivity contribution in [2.24, 2.45) is 5.73 Å². The topological polar surface area (TPSA) is 101 Å². The molecule has 1 fully saturated rings. The van der Waals surface area contributed by atoms with Crippen LogP contribution in [0.15, 0.2) is 22.5 Å². The fraction of sp³-hybridized carbons (Fsp3) is 0.444. The minimum atomic E-state index is -0.483. The van der Waals surface area contributed by atoms with Crippen molar-refractivity contribution in [3.63, 3.8) is 0 Å². The number of carbonyl (C=O) groups excluding carboxylic acids is 2. The molecule has 0 unspecified atom stereocenters. The van der Waals surface area contributed by atoms with Crippen LogP contribution < -0.4 is 11.1 Å². The van der Waals surface area contributed by atoms with E-state index in [-0.39, 0.29) is 11.7 Å². The highest BCUT2D eigenvalue weighted by Gasteiger charge is 2.30. The normalized spacial score (nSPS) is 17.0. The fourth-order valence-electron chi connectivity index (χ4n) is 3.12. The molecule has 1 saturated heterocycles. The summed E-state index contributed by atoms with van der Waals surface area (Å²) in [4.78, 5) is 25.7. The summed E-state index contributed by atoms with van der Waals surface area (Å²) in [6.07, 6.45) is 2.48. The number of likely N-dealkylation sites (tertiary alicyclic amines) is 1. The van der Waals surface area contributed by atoms with Crippen LogP contribution in [0.25, 0.3) is 0 Å². The molecule has 3 rings (SSSR count). The predicted octanol–water partition coefficient (Wildman–Crippen LogP) is 2.86. The molecule has 1 aromatic heterocycles. The van der Waals surface area contributed by atoms with Gasteiger partial charge in [0.1, 0.15) is 6.04 Å². The zero-order chi connectivity index (χ0) is 19.4. The highest BCUT2D eigenvalue weighted by molar-refractivity contribution is 8.01. The summed E-state index contributed by atoms with van der Waals surface area (Å²) in [5.74, 6) is -0.284. The summed E-state index contributed by atoms with van der Waals surface area (Å²) >= 11 is 2.74.